The normalized spacial score (nSPS) is 26.6. The number of anilines is 1. The number of hydrogen-bond donors (Lipinski definition) is 0. The van der Waals surface area contributed by atoms with Crippen molar-refractivity contribution in [2.24, 2.45) is 11.8 Å². The number of carbonyl (C=O) groups excluding carboxylic acids is 1. The molecule has 1 amide bonds. The van der Waals surface area contributed by atoms with Gasteiger partial charge in [0.05, 0.1) is 5.92 Å². The number of aromatic nitrogens is 3. The molecule has 7 heteroatoms. The van der Waals surface area contributed by atoms with Crippen LogP contribution in [0.25, 0.3) is 0 Å². The second kappa shape index (κ2) is 7.04. The van der Waals surface area contributed by atoms with Crippen LogP contribution in [0.1, 0.15) is 30.9 Å². The molecule has 5 rings (SSSR count). The van der Waals surface area contributed by atoms with Crippen molar-refractivity contribution in [1.29, 1.82) is 0 Å². The molecule has 0 radical (unpaired) electrons. The number of carbonyl (C=O) groups is 1. The minimum Gasteiger partial charge on any atom is -0.341 e. The Morgan fingerprint density at radius 3 is 2.75 bits per heavy atom. The summed E-state index contributed by atoms with van der Waals surface area (Å²) in [6, 6.07) is 7.33. The van der Waals surface area contributed by atoms with Crippen molar-refractivity contribution >= 4 is 11.9 Å². The molecule has 2 bridgehead atoms. The van der Waals surface area contributed by atoms with Gasteiger partial charge in [0.15, 0.2) is 0 Å². The Balaban J connectivity index is 1.32. The van der Waals surface area contributed by atoms with E-state index in [1.165, 1.54) is 0 Å². The van der Waals surface area contributed by atoms with E-state index in [-0.39, 0.29) is 23.3 Å². The Hall–Kier alpha value is -2.70. The third-order valence-corrected chi connectivity index (χ3v) is 6.40. The van der Waals surface area contributed by atoms with Crippen LogP contribution in [0.2, 0.25) is 0 Å². The van der Waals surface area contributed by atoms with Crippen molar-refractivity contribution in [3.63, 3.8) is 0 Å². The first kappa shape index (κ1) is 17.4. The highest BCUT2D eigenvalue weighted by molar-refractivity contribution is 5.80. The van der Waals surface area contributed by atoms with Crippen molar-refractivity contribution in [2.75, 3.05) is 31.1 Å². The molecule has 3 aliphatic rings. The molecule has 2 aromatic rings. The van der Waals surface area contributed by atoms with Gasteiger partial charge in [-0.2, -0.15) is 0 Å². The predicted octanol–water partition coefficient (Wildman–Crippen LogP) is 1.50. The van der Waals surface area contributed by atoms with Gasteiger partial charge in [-0.05, 0) is 37.3 Å². The molecule has 0 aromatic carbocycles. The zero-order valence-electron chi connectivity index (χ0n) is 15.9. The molecule has 28 heavy (non-hydrogen) atoms. The van der Waals surface area contributed by atoms with Crippen molar-refractivity contribution < 1.29 is 4.79 Å². The van der Waals surface area contributed by atoms with Crippen LogP contribution in [-0.2, 0) is 11.3 Å². The lowest BCUT2D eigenvalue weighted by Gasteiger charge is -2.44. The molecule has 0 saturated carbocycles. The lowest BCUT2D eigenvalue weighted by Crippen LogP contribution is -2.52. The van der Waals surface area contributed by atoms with Gasteiger partial charge in [0, 0.05) is 62.8 Å². The van der Waals surface area contributed by atoms with Crippen LogP contribution >= 0.6 is 0 Å². The van der Waals surface area contributed by atoms with Crippen LogP contribution in [0.4, 0.5) is 5.95 Å². The van der Waals surface area contributed by atoms with E-state index >= 15 is 0 Å². The van der Waals surface area contributed by atoms with E-state index in [0.717, 1.165) is 51.1 Å². The maximum atomic E-state index is 13.3. The topological polar surface area (TPSA) is 71.3 Å². The molecular weight excluding hydrogens is 354 g/mol. The fourth-order valence-electron chi connectivity index (χ4n) is 5.15. The lowest BCUT2D eigenvalue weighted by molar-refractivity contribution is -0.138. The maximum Gasteiger partial charge on any atom is 0.250 e. The second-order valence-corrected chi connectivity index (χ2v) is 8.28. The first-order valence-corrected chi connectivity index (χ1v) is 10.2. The van der Waals surface area contributed by atoms with Gasteiger partial charge in [-0.25, -0.2) is 9.97 Å². The van der Waals surface area contributed by atoms with Gasteiger partial charge < -0.3 is 14.4 Å². The summed E-state index contributed by atoms with van der Waals surface area (Å²) in [6.45, 7) is 3.79. The first-order chi connectivity index (χ1) is 13.7. The van der Waals surface area contributed by atoms with Gasteiger partial charge in [0.1, 0.15) is 0 Å². The molecular formula is C21H25N5O2. The summed E-state index contributed by atoms with van der Waals surface area (Å²) in [5.41, 5.74) is 1.17. The van der Waals surface area contributed by atoms with Gasteiger partial charge >= 0.3 is 0 Å². The molecule has 146 valence electrons. The summed E-state index contributed by atoms with van der Waals surface area (Å²) in [7, 11) is 0. The Kier molecular flexibility index (Phi) is 4.37. The number of fused-ring (bicyclic) bond motifs is 4. The van der Waals surface area contributed by atoms with Gasteiger partial charge in [-0.3, -0.25) is 9.59 Å². The molecule has 2 saturated heterocycles. The molecule has 0 spiro atoms. The molecule has 2 fully saturated rings. The molecule has 0 unspecified atom stereocenters. The number of pyridine rings is 1. The minimum absolute atomic E-state index is 0.00523. The average molecular weight is 379 g/mol. The highest BCUT2D eigenvalue weighted by atomic mass is 16.2. The van der Waals surface area contributed by atoms with E-state index in [2.05, 4.69) is 19.8 Å². The third kappa shape index (κ3) is 3.08. The van der Waals surface area contributed by atoms with Crippen molar-refractivity contribution in [1.82, 2.24) is 19.4 Å². The standard InChI is InChI=1S/C21H25N5O2/c27-19-6-1-5-18-17-10-15(12-26(18)19)11-25(14-17)20(28)16-4-2-9-24(13-16)21-22-7-3-8-23-21/h1,3,5-8,15-17H,2,4,9-14H2/t15-,16+,17+/m0/s1. The molecule has 3 aliphatic heterocycles. The van der Waals surface area contributed by atoms with E-state index in [0.29, 0.717) is 18.4 Å². The first-order valence-electron chi connectivity index (χ1n) is 10.2. The Morgan fingerprint density at radius 2 is 1.89 bits per heavy atom. The molecule has 2 aromatic heterocycles. The summed E-state index contributed by atoms with van der Waals surface area (Å²) in [4.78, 5) is 38.4. The summed E-state index contributed by atoms with van der Waals surface area (Å²) in [5.74, 6) is 1.59. The fraction of sp³-hybridized carbons (Fsp3) is 0.524. The fourth-order valence-corrected chi connectivity index (χ4v) is 5.15. The molecule has 7 nitrogen and oxygen atoms in total. The highest BCUT2D eigenvalue weighted by Gasteiger charge is 2.39. The second-order valence-electron chi connectivity index (χ2n) is 8.28. The summed E-state index contributed by atoms with van der Waals surface area (Å²) in [6.07, 6.45) is 6.47. The van der Waals surface area contributed by atoms with Crippen LogP contribution < -0.4 is 10.5 Å². The predicted molar refractivity (Wildman–Crippen MR) is 105 cm³/mol. The zero-order valence-corrected chi connectivity index (χ0v) is 15.9. The maximum absolute atomic E-state index is 13.3. The van der Waals surface area contributed by atoms with E-state index in [1.54, 1.807) is 18.5 Å². The molecule has 3 atom stereocenters. The number of piperidine rings is 2. The van der Waals surface area contributed by atoms with Crippen LogP contribution in [0.5, 0.6) is 0 Å². The number of likely N-dealkylation sites (tertiary alicyclic amines) is 1. The number of amides is 1. The Bertz CT molecular complexity index is 928. The summed E-state index contributed by atoms with van der Waals surface area (Å²) >= 11 is 0. The van der Waals surface area contributed by atoms with Gasteiger partial charge in [-0.1, -0.05) is 6.07 Å². The smallest absolute Gasteiger partial charge is 0.250 e. The van der Waals surface area contributed by atoms with Crippen LogP contribution in [-0.4, -0.2) is 51.5 Å². The highest BCUT2D eigenvalue weighted by Crippen LogP contribution is 2.36. The third-order valence-electron chi connectivity index (χ3n) is 6.40. The number of nitrogens with zero attached hydrogens (tertiary/aromatic N) is 5. The lowest BCUT2D eigenvalue weighted by atomic mass is 9.82. The summed E-state index contributed by atoms with van der Waals surface area (Å²) in [5, 5.41) is 0. The van der Waals surface area contributed by atoms with E-state index in [4.69, 9.17) is 0 Å². The van der Waals surface area contributed by atoms with Crippen LogP contribution in [0.15, 0.2) is 41.5 Å². The monoisotopic (exact) mass is 379 g/mol. The van der Waals surface area contributed by atoms with Crippen LogP contribution in [0.3, 0.4) is 0 Å². The molecule has 0 N–H and O–H groups in total. The van der Waals surface area contributed by atoms with Crippen molar-refractivity contribution in [3.8, 4) is 0 Å². The van der Waals surface area contributed by atoms with Crippen molar-refractivity contribution in [2.45, 2.75) is 31.7 Å². The average Bonchev–Trinajstić information content (AvgIpc) is 2.75. The van der Waals surface area contributed by atoms with Gasteiger partial charge in [-0.15, -0.1) is 0 Å². The minimum atomic E-state index is -0.00523. The van der Waals surface area contributed by atoms with E-state index in [1.807, 2.05) is 22.8 Å². The largest absolute Gasteiger partial charge is 0.341 e. The van der Waals surface area contributed by atoms with Gasteiger partial charge in [0.25, 0.3) is 5.56 Å². The van der Waals surface area contributed by atoms with Crippen molar-refractivity contribution in [3.05, 3.63) is 52.7 Å². The quantitative estimate of drug-likeness (QED) is 0.791. The number of hydrogen-bond acceptors (Lipinski definition) is 5. The van der Waals surface area contributed by atoms with Gasteiger partial charge in [0.2, 0.25) is 11.9 Å². The molecule has 5 heterocycles. The zero-order chi connectivity index (χ0) is 19.1. The van der Waals surface area contributed by atoms with Crippen LogP contribution in [0, 0.1) is 11.8 Å². The Labute approximate surface area is 164 Å². The summed E-state index contributed by atoms with van der Waals surface area (Å²) < 4.78 is 1.91. The Morgan fingerprint density at radius 1 is 1.04 bits per heavy atom. The van der Waals surface area contributed by atoms with E-state index < -0.39 is 0 Å². The number of rotatable bonds is 2. The molecule has 0 aliphatic carbocycles. The van der Waals surface area contributed by atoms with E-state index in [9.17, 15) is 9.59 Å². The SMILES string of the molecule is O=C([C@@H]1CCCN(c2ncccn2)C1)N1C[C@@H]2C[C@H](C1)c1cccc(=O)n1C2.